The molecule has 0 aliphatic carbocycles. The second kappa shape index (κ2) is 7.16. The Labute approximate surface area is 143 Å². The summed E-state index contributed by atoms with van der Waals surface area (Å²) in [6, 6.07) is 11.1. The summed E-state index contributed by atoms with van der Waals surface area (Å²) in [5.41, 5.74) is 2.97. The summed E-state index contributed by atoms with van der Waals surface area (Å²) in [7, 11) is 0. The van der Waals surface area contributed by atoms with Gasteiger partial charge < -0.3 is 10.1 Å². The fourth-order valence-electron chi connectivity index (χ4n) is 2.11. The first kappa shape index (κ1) is 16.8. The van der Waals surface area contributed by atoms with E-state index < -0.39 is 6.10 Å². The van der Waals surface area contributed by atoms with Crippen LogP contribution in [-0.4, -0.2) is 12.0 Å². The van der Waals surface area contributed by atoms with E-state index in [0.29, 0.717) is 15.2 Å². The molecule has 0 bridgehead atoms. The van der Waals surface area contributed by atoms with Gasteiger partial charge in [0.05, 0.1) is 4.47 Å². The molecule has 5 heteroatoms. The second-order valence-corrected chi connectivity index (χ2v) is 6.49. The maximum absolute atomic E-state index is 12.2. The molecule has 2 aromatic carbocycles. The van der Waals surface area contributed by atoms with Crippen LogP contribution in [0.15, 0.2) is 40.9 Å². The van der Waals surface area contributed by atoms with Gasteiger partial charge in [-0.05, 0) is 78.2 Å². The molecule has 1 unspecified atom stereocenters. The zero-order valence-corrected chi connectivity index (χ0v) is 15.0. The zero-order chi connectivity index (χ0) is 16.3. The molecule has 22 heavy (non-hydrogen) atoms. The fraction of sp³-hybridized carbons (Fsp3) is 0.235. The lowest BCUT2D eigenvalue weighted by atomic mass is 10.1. The molecule has 0 aliphatic rings. The minimum absolute atomic E-state index is 0.202. The Morgan fingerprint density at radius 1 is 1.18 bits per heavy atom. The second-order valence-electron chi connectivity index (χ2n) is 5.20. The van der Waals surface area contributed by atoms with Crippen LogP contribution < -0.4 is 10.1 Å². The first-order valence-corrected chi connectivity index (χ1v) is 8.03. The molecule has 0 spiro atoms. The van der Waals surface area contributed by atoms with Crippen LogP contribution in [0.5, 0.6) is 5.75 Å². The normalized spacial score (nSPS) is 11.9. The first-order valence-electron chi connectivity index (χ1n) is 6.86. The Bertz CT molecular complexity index is 683. The van der Waals surface area contributed by atoms with Gasteiger partial charge in [0.25, 0.3) is 5.91 Å². The maximum Gasteiger partial charge on any atom is 0.265 e. The number of ether oxygens (including phenoxy) is 1. The van der Waals surface area contributed by atoms with Crippen molar-refractivity contribution in [1.29, 1.82) is 0 Å². The summed E-state index contributed by atoms with van der Waals surface area (Å²) in [6.45, 7) is 5.69. The lowest BCUT2D eigenvalue weighted by Crippen LogP contribution is -2.30. The smallest absolute Gasteiger partial charge is 0.265 e. The number of halogens is 2. The molecule has 0 saturated carbocycles. The predicted octanol–water partition coefficient (Wildman–Crippen LogP) is 5.13. The SMILES string of the molecule is Cc1cc(C)cc(NC(=O)C(C)Oc2ccc(Cl)cc2Br)c1. The van der Waals surface area contributed by atoms with E-state index in [2.05, 4.69) is 27.3 Å². The predicted molar refractivity (Wildman–Crippen MR) is 93.8 cm³/mol. The Balaban J connectivity index is 2.05. The van der Waals surface area contributed by atoms with Gasteiger partial charge in [0.15, 0.2) is 6.10 Å². The highest BCUT2D eigenvalue weighted by Gasteiger charge is 2.16. The van der Waals surface area contributed by atoms with Gasteiger partial charge in [-0.1, -0.05) is 17.7 Å². The largest absolute Gasteiger partial charge is 0.480 e. The molecule has 2 rings (SSSR count). The number of rotatable bonds is 4. The zero-order valence-electron chi connectivity index (χ0n) is 12.6. The van der Waals surface area contributed by atoms with E-state index in [0.717, 1.165) is 16.8 Å². The van der Waals surface area contributed by atoms with Crippen LogP contribution in [0.4, 0.5) is 5.69 Å². The van der Waals surface area contributed by atoms with Gasteiger partial charge in [0, 0.05) is 10.7 Å². The Morgan fingerprint density at radius 2 is 1.82 bits per heavy atom. The van der Waals surface area contributed by atoms with Crippen LogP contribution in [0.3, 0.4) is 0 Å². The third-order valence-electron chi connectivity index (χ3n) is 3.06. The molecule has 1 atom stereocenters. The standard InChI is InChI=1S/C17H17BrClNO2/c1-10-6-11(2)8-14(7-10)20-17(21)12(3)22-16-5-4-13(19)9-15(16)18/h4-9,12H,1-3H3,(H,20,21). The lowest BCUT2D eigenvalue weighted by molar-refractivity contribution is -0.122. The number of carbonyl (C=O) groups is 1. The van der Waals surface area contributed by atoms with E-state index in [4.69, 9.17) is 16.3 Å². The van der Waals surface area contributed by atoms with E-state index in [-0.39, 0.29) is 5.91 Å². The van der Waals surface area contributed by atoms with Crippen molar-refractivity contribution < 1.29 is 9.53 Å². The van der Waals surface area contributed by atoms with Gasteiger partial charge in [0.1, 0.15) is 5.75 Å². The van der Waals surface area contributed by atoms with E-state index in [1.54, 1.807) is 25.1 Å². The summed E-state index contributed by atoms with van der Waals surface area (Å²) in [4.78, 5) is 12.2. The first-order chi connectivity index (χ1) is 10.3. The van der Waals surface area contributed by atoms with Gasteiger partial charge in [-0.25, -0.2) is 0 Å². The van der Waals surface area contributed by atoms with E-state index in [9.17, 15) is 4.79 Å². The van der Waals surface area contributed by atoms with Crippen LogP contribution >= 0.6 is 27.5 Å². The molecule has 0 aliphatic heterocycles. The van der Waals surface area contributed by atoms with Crippen molar-refractivity contribution in [3.63, 3.8) is 0 Å². The van der Waals surface area contributed by atoms with Crippen LogP contribution in [-0.2, 0) is 4.79 Å². The summed E-state index contributed by atoms with van der Waals surface area (Å²) >= 11 is 9.26. The average Bonchev–Trinajstić information content (AvgIpc) is 2.40. The Hall–Kier alpha value is -1.52. The number of anilines is 1. The Kier molecular flexibility index (Phi) is 5.48. The van der Waals surface area contributed by atoms with Crippen molar-refractivity contribution in [1.82, 2.24) is 0 Å². The summed E-state index contributed by atoms with van der Waals surface area (Å²) in [5, 5.41) is 3.47. The van der Waals surface area contributed by atoms with E-state index in [1.807, 2.05) is 26.0 Å². The molecule has 0 radical (unpaired) electrons. The van der Waals surface area contributed by atoms with Crippen molar-refractivity contribution in [2.75, 3.05) is 5.32 Å². The molecule has 1 amide bonds. The molecular weight excluding hydrogens is 366 g/mol. The summed E-state index contributed by atoms with van der Waals surface area (Å²) < 4.78 is 6.39. The highest BCUT2D eigenvalue weighted by molar-refractivity contribution is 9.10. The van der Waals surface area contributed by atoms with Gasteiger partial charge in [-0.15, -0.1) is 0 Å². The highest BCUT2D eigenvalue weighted by Crippen LogP contribution is 2.29. The maximum atomic E-state index is 12.2. The van der Waals surface area contributed by atoms with Crippen LogP contribution in [0.1, 0.15) is 18.1 Å². The molecular formula is C17H17BrClNO2. The van der Waals surface area contributed by atoms with Crippen LogP contribution in [0.25, 0.3) is 0 Å². The number of amides is 1. The lowest BCUT2D eigenvalue weighted by Gasteiger charge is -2.16. The van der Waals surface area contributed by atoms with E-state index in [1.165, 1.54) is 0 Å². The summed E-state index contributed by atoms with van der Waals surface area (Å²) in [5.74, 6) is 0.374. The molecule has 3 nitrogen and oxygen atoms in total. The minimum atomic E-state index is -0.627. The van der Waals surface area contributed by atoms with Crippen molar-refractivity contribution in [3.8, 4) is 5.75 Å². The molecule has 116 valence electrons. The van der Waals surface area contributed by atoms with Gasteiger partial charge in [0.2, 0.25) is 0 Å². The number of aryl methyl sites for hydroxylation is 2. The monoisotopic (exact) mass is 381 g/mol. The quantitative estimate of drug-likeness (QED) is 0.796. The van der Waals surface area contributed by atoms with Crippen molar-refractivity contribution in [2.24, 2.45) is 0 Å². The minimum Gasteiger partial charge on any atom is -0.480 e. The van der Waals surface area contributed by atoms with Crippen molar-refractivity contribution >= 4 is 39.1 Å². The van der Waals surface area contributed by atoms with Gasteiger partial charge in [-0.2, -0.15) is 0 Å². The van der Waals surface area contributed by atoms with Crippen LogP contribution in [0.2, 0.25) is 5.02 Å². The molecule has 0 fully saturated rings. The number of benzene rings is 2. The number of nitrogens with one attached hydrogen (secondary N) is 1. The third-order valence-corrected chi connectivity index (χ3v) is 3.91. The van der Waals surface area contributed by atoms with Crippen molar-refractivity contribution in [3.05, 3.63) is 57.0 Å². The van der Waals surface area contributed by atoms with Crippen LogP contribution in [0, 0.1) is 13.8 Å². The highest BCUT2D eigenvalue weighted by atomic mass is 79.9. The summed E-state index contributed by atoms with van der Waals surface area (Å²) in [6.07, 6.45) is -0.627. The molecule has 2 aromatic rings. The third kappa shape index (κ3) is 4.49. The molecule has 0 saturated heterocycles. The topological polar surface area (TPSA) is 38.3 Å². The van der Waals surface area contributed by atoms with Gasteiger partial charge in [-0.3, -0.25) is 4.79 Å². The number of hydrogen-bond donors (Lipinski definition) is 1. The molecule has 1 N–H and O–H groups in total. The number of hydrogen-bond acceptors (Lipinski definition) is 2. The fourth-order valence-corrected chi connectivity index (χ4v) is 2.88. The van der Waals surface area contributed by atoms with Crippen molar-refractivity contribution in [2.45, 2.75) is 26.9 Å². The van der Waals surface area contributed by atoms with E-state index >= 15 is 0 Å². The average molecular weight is 383 g/mol. The Morgan fingerprint density at radius 3 is 2.41 bits per heavy atom. The molecule has 0 aromatic heterocycles. The van der Waals surface area contributed by atoms with Gasteiger partial charge >= 0.3 is 0 Å². The number of carbonyl (C=O) groups excluding carboxylic acids is 1. The molecule has 0 heterocycles.